The number of fused-ring (bicyclic) bond motifs is 1. The standard InChI is InChI=1S/C18H20N4O3S/c23-18(5-12-3-4-26(24,25)11-12)22-17-7-15-6-13(16-9-20-21-10-16)1-2-14(15)8-19-17/h1-2,7-10,12,15H,3-6,11H2,(H,20,21)(H,22,23). The van der Waals surface area contributed by atoms with E-state index in [1.165, 1.54) is 5.57 Å². The predicted molar refractivity (Wildman–Crippen MR) is 98.9 cm³/mol. The van der Waals surface area contributed by atoms with Crippen molar-refractivity contribution < 1.29 is 13.2 Å². The number of aliphatic imine (C=N–C) groups is 1. The van der Waals surface area contributed by atoms with E-state index in [-0.39, 0.29) is 35.7 Å². The number of rotatable bonds is 4. The Morgan fingerprint density at radius 3 is 2.96 bits per heavy atom. The summed E-state index contributed by atoms with van der Waals surface area (Å²) in [5.41, 5.74) is 3.35. The number of sulfone groups is 1. The first kappa shape index (κ1) is 17.0. The number of aromatic nitrogens is 2. The number of allylic oxidation sites excluding steroid dienone is 5. The van der Waals surface area contributed by atoms with Crippen LogP contribution in [0.3, 0.4) is 0 Å². The fraction of sp³-hybridized carbons (Fsp3) is 0.389. The molecule has 0 saturated carbocycles. The predicted octanol–water partition coefficient (Wildman–Crippen LogP) is 1.61. The number of hydrogen-bond acceptors (Lipinski definition) is 5. The number of nitrogens with zero attached hydrogens (tertiary/aromatic N) is 2. The zero-order valence-corrected chi connectivity index (χ0v) is 15.0. The van der Waals surface area contributed by atoms with Crippen molar-refractivity contribution in [3.8, 4) is 0 Å². The lowest BCUT2D eigenvalue weighted by atomic mass is 9.84. The van der Waals surface area contributed by atoms with Crippen LogP contribution in [0.2, 0.25) is 0 Å². The van der Waals surface area contributed by atoms with Gasteiger partial charge in [-0.15, -0.1) is 0 Å². The lowest BCUT2D eigenvalue weighted by Gasteiger charge is -2.23. The molecule has 2 N–H and O–H groups in total. The lowest BCUT2D eigenvalue weighted by Crippen LogP contribution is -2.27. The Labute approximate surface area is 151 Å². The molecule has 2 unspecified atom stereocenters. The summed E-state index contributed by atoms with van der Waals surface area (Å²) in [4.78, 5) is 16.5. The molecule has 0 radical (unpaired) electrons. The number of amides is 1. The van der Waals surface area contributed by atoms with Crippen molar-refractivity contribution in [1.82, 2.24) is 15.5 Å². The van der Waals surface area contributed by atoms with Crippen LogP contribution in [0, 0.1) is 11.8 Å². The minimum Gasteiger partial charge on any atom is -0.311 e. The molecule has 2 atom stereocenters. The Morgan fingerprint density at radius 2 is 2.23 bits per heavy atom. The van der Waals surface area contributed by atoms with Crippen LogP contribution in [-0.2, 0) is 14.6 Å². The van der Waals surface area contributed by atoms with Gasteiger partial charge in [0.05, 0.1) is 17.7 Å². The van der Waals surface area contributed by atoms with Crippen LogP contribution < -0.4 is 5.32 Å². The van der Waals surface area contributed by atoms with Gasteiger partial charge in [-0.3, -0.25) is 9.89 Å². The molecule has 1 amide bonds. The molecule has 1 aromatic heterocycles. The van der Waals surface area contributed by atoms with Crippen molar-refractivity contribution in [2.45, 2.75) is 19.3 Å². The van der Waals surface area contributed by atoms with Gasteiger partial charge in [0.15, 0.2) is 9.84 Å². The van der Waals surface area contributed by atoms with E-state index in [0.29, 0.717) is 12.2 Å². The van der Waals surface area contributed by atoms with Gasteiger partial charge in [-0.1, -0.05) is 12.2 Å². The smallest absolute Gasteiger partial charge is 0.225 e. The van der Waals surface area contributed by atoms with Crippen LogP contribution in [-0.4, -0.2) is 42.2 Å². The van der Waals surface area contributed by atoms with E-state index in [9.17, 15) is 13.2 Å². The van der Waals surface area contributed by atoms with Gasteiger partial charge in [-0.25, -0.2) is 13.4 Å². The van der Waals surface area contributed by atoms with Gasteiger partial charge in [0.2, 0.25) is 5.91 Å². The van der Waals surface area contributed by atoms with Crippen molar-refractivity contribution in [2.24, 2.45) is 16.8 Å². The fourth-order valence-corrected chi connectivity index (χ4v) is 5.48. The minimum atomic E-state index is -2.96. The third-order valence-corrected chi connectivity index (χ3v) is 6.83. The second-order valence-electron chi connectivity index (χ2n) is 6.99. The first-order valence-corrected chi connectivity index (χ1v) is 10.5. The average Bonchev–Trinajstić information content (AvgIpc) is 3.24. The van der Waals surface area contributed by atoms with Crippen molar-refractivity contribution in [1.29, 1.82) is 0 Å². The number of aromatic amines is 1. The maximum Gasteiger partial charge on any atom is 0.225 e. The quantitative estimate of drug-likeness (QED) is 0.838. The molecule has 1 aromatic rings. The molecule has 1 saturated heterocycles. The van der Waals surface area contributed by atoms with Crippen LogP contribution >= 0.6 is 0 Å². The van der Waals surface area contributed by atoms with Gasteiger partial charge in [0.1, 0.15) is 5.82 Å². The van der Waals surface area contributed by atoms with Crippen LogP contribution in [0.1, 0.15) is 24.8 Å². The number of hydrogen-bond donors (Lipinski definition) is 2. The highest BCUT2D eigenvalue weighted by molar-refractivity contribution is 7.91. The van der Waals surface area contributed by atoms with Gasteiger partial charge in [-0.2, -0.15) is 5.10 Å². The molecule has 136 valence electrons. The van der Waals surface area contributed by atoms with Crippen LogP contribution in [0.25, 0.3) is 5.57 Å². The lowest BCUT2D eigenvalue weighted by molar-refractivity contribution is -0.121. The molecule has 1 fully saturated rings. The summed E-state index contributed by atoms with van der Waals surface area (Å²) in [5, 5.41) is 9.63. The molecule has 8 heteroatoms. The van der Waals surface area contributed by atoms with E-state index in [1.807, 2.05) is 18.3 Å². The topological polar surface area (TPSA) is 104 Å². The van der Waals surface area contributed by atoms with Crippen LogP contribution in [0.5, 0.6) is 0 Å². The van der Waals surface area contributed by atoms with E-state index in [2.05, 4.69) is 26.6 Å². The van der Waals surface area contributed by atoms with Crippen molar-refractivity contribution in [2.75, 3.05) is 11.5 Å². The molecule has 0 aromatic carbocycles. The fourth-order valence-electron chi connectivity index (χ4n) is 3.62. The first-order valence-electron chi connectivity index (χ1n) is 8.64. The Kier molecular flexibility index (Phi) is 4.36. The summed E-state index contributed by atoms with van der Waals surface area (Å²) in [7, 11) is -2.96. The maximum absolute atomic E-state index is 12.2. The summed E-state index contributed by atoms with van der Waals surface area (Å²) in [6.45, 7) is 0. The van der Waals surface area contributed by atoms with Gasteiger partial charge < -0.3 is 5.32 Å². The summed E-state index contributed by atoms with van der Waals surface area (Å²) in [6, 6.07) is 0. The molecule has 4 rings (SSSR count). The molecule has 26 heavy (non-hydrogen) atoms. The van der Waals surface area contributed by atoms with Crippen molar-refractivity contribution in [3.05, 3.63) is 47.6 Å². The molecule has 3 heterocycles. The number of nitrogens with one attached hydrogen (secondary N) is 2. The number of carbonyl (C=O) groups excluding carboxylic acids is 1. The highest BCUT2D eigenvalue weighted by atomic mass is 32.2. The van der Waals surface area contributed by atoms with Crippen LogP contribution in [0.4, 0.5) is 0 Å². The molecule has 0 bridgehead atoms. The van der Waals surface area contributed by atoms with Gasteiger partial charge >= 0.3 is 0 Å². The van der Waals surface area contributed by atoms with Crippen LogP contribution in [0.15, 0.2) is 47.0 Å². The monoisotopic (exact) mass is 372 g/mol. The Balaban J connectivity index is 1.39. The highest BCUT2D eigenvalue weighted by Gasteiger charge is 2.30. The largest absolute Gasteiger partial charge is 0.311 e. The third-order valence-electron chi connectivity index (χ3n) is 4.99. The van der Waals surface area contributed by atoms with Crippen molar-refractivity contribution in [3.63, 3.8) is 0 Å². The molecular formula is C18H20N4O3S. The summed E-state index contributed by atoms with van der Waals surface area (Å²) >= 11 is 0. The molecule has 1 aliphatic carbocycles. The number of H-pyrrole nitrogens is 1. The Hall–Kier alpha value is -2.48. The Bertz CT molecular complexity index is 939. The SMILES string of the molecule is O=C(CC1CCS(=O)(=O)C1)NC1=CC2CC(c3cn[nH]c3)=CC=C2C=N1. The van der Waals surface area contributed by atoms with Gasteiger partial charge in [0, 0.05) is 30.3 Å². The van der Waals surface area contributed by atoms with E-state index in [4.69, 9.17) is 0 Å². The van der Waals surface area contributed by atoms with Gasteiger partial charge in [0.25, 0.3) is 0 Å². The summed E-state index contributed by atoms with van der Waals surface area (Å²) in [6.07, 6.45) is 13.1. The summed E-state index contributed by atoms with van der Waals surface area (Å²) < 4.78 is 23.0. The average molecular weight is 372 g/mol. The molecule has 3 aliphatic rings. The third kappa shape index (κ3) is 3.70. The normalized spacial score (nSPS) is 26.5. The second kappa shape index (κ2) is 6.68. The molecular weight excluding hydrogens is 352 g/mol. The Morgan fingerprint density at radius 1 is 1.35 bits per heavy atom. The first-order chi connectivity index (χ1) is 12.5. The van der Waals surface area contributed by atoms with Gasteiger partial charge in [-0.05, 0) is 36.0 Å². The van der Waals surface area contributed by atoms with E-state index in [1.54, 1.807) is 12.4 Å². The maximum atomic E-state index is 12.2. The zero-order valence-electron chi connectivity index (χ0n) is 14.2. The van der Waals surface area contributed by atoms with E-state index >= 15 is 0 Å². The highest BCUT2D eigenvalue weighted by Crippen LogP contribution is 2.33. The zero-order chi connectivity index (χ0) is 18.1. The number of carbonyl (C=O) groups is 1. The van der Waals surface area contributed by atoms with E-state index in [0.717, 1.165) is 17.6 Å². The van der Waals surface area contributed by atoms with E-state index < -0.39 is 9.84 Å². The molecule has 2 aliphatic heterocycles. The second-order valence-corrected chi connectivity index (χ2v) is 9.22. The summed E-state index contributed by atoms with van der Waals surface area (Å²) in [5.74, 6) is 0.719. The minimum absolute atomic E-state index is 0.0889. The molecule has 0 spiro atoms. The van der Waals surface area contributed by atoms with Crippen molar-refractivity contribution >= 4 is 27.5 Å². The molecule has 7 nitrogen and oxygen atoms in total.